The van der Waals surface area contributed by atoms with Crippen molar-refractivity contribution in [1.82, 2.24) is 5.32 Å². The van der Waals surface area contributed by atoms with Gasteiger partial charge in [-0.15, -0.1) is 0 Å². The lowest BCUT2D eigenvalue weighted by Crippen LogP contribution is -2.43. The first-order chi connectivity index (χ1) is 6.69. The second-order valence-electron chi connectivity index (χ2n) is 3.54. The van der Waals surface area contributed by atoms with E-state index in [-0.39, 0.29) is 12.0 Å². The first kappa shape index (κ1) is 13.4. The van der Waals surface area contributed by atoms with E-state index < -0.39 is 0 Å². The predicted molar refractivity (Wildman–Crippen MR) is 58.2 cm³/mol. The summed E-state index contributed by atoms with van der Waals surface area (Å²) in [6, 6.07) is 0.292. The molecule has 0 radical (unpaired) electrons. The number of ether oxygens (including phenoxy) is 1. The molecular formula is C11H23NO2. The highest BCUT2D eigenvalue weighted by Gasteiger charge is 2.19. The molecule has 1 N–H and O–H groups in total. The summed E-state index contributed by atoms with van der Waals surface area (Å²) in [7, 11) is 1.44. The normalized spacial score (nSPS) is 14.9. The first-order valence-electron chi connectivity index (χ1n) is 5.53. The number of hydrogen-bond donors (Lipinski definition) is 1. The summed E-state index contributed by atoms with van der Waals surface area (Å²) in [5.74, 6) is -0.151. The fourth-order valence-corrected chi connectivity index (χ4v) is 1.53. The molecule has 0 fully saturated rings. The SMILES string of the molecule is CCCC(CC)NC(CC)C(=O)OC. The number of esters is 1. The summed E-state index contributed by atoms with van der Waals surface area (Å²) < 4.78 is 4.73. The molecule has 3 nitrogen and oxygen atoms in total. The Labute approximate surface area is 87.2 Å². The molecule has 0 bridgehead atoms. The molecule has 0 rings (SSSR count). The molecule has 0 aliphatic rings. The second-order valence-corrected chi connectivity index (χ2v) is 3.54. The van der Waals surface area contributed by atoms with E-state index in [4.69, 9.17) is 4.74 Å². The van der Waals surface area contributed by atoms with E-state index in [9.17, 15) is 4.79 Å². The van der Waals surface area contributed by atoms with Gasteiger partial charge in [0.15, 0.2) is 0 Å². The number of methoxy groups -OCH3 is 1. The fraction of sp³-hybridized carbons (Fsp3) is 0.909. The van der Waals surface area contributed by atoms with E-state index in [0.717, 1.165) is 25.7 Å². The minimum absolute atomic E-state index is 0.142. The van der Waals surface area contributed by atoms with Gasteiger partial charge in [0.25, 0.3) is 0 Å². The Hall–Kier alpha value is -0.570. The zero-order chi connectivity index (χ0) is 11.0. The van der Waals surface area contributed by atoms with Crippen molar-refractivity contribution in [2.24, 2.45) is 0 Å². The van der Waals surface area contributed by atoms with Gasteiger partial charge in [-0.1, -0.05) is 27.2 Å². The minimum atomic E-state index is -0.151. The van der Waals surface area contributed by atoms with Gasteiger partial charge in [-0.25, -0.2) is 0 Å². The number of carbonyl (C=O) groups excluding carboxylic acids is 1. The van der Waals surface area contributed by atoms with Crippen LogP contribution >= 0.6 is 0 Å². The van der Waals surface area contributed by atoms with Gasteiger partial charge in [0.1, 0.15) is 6.04 Å². The maximum Gasteiger partial charge on any atom is 0.322 e. The second kappa shape index (κ2) is 7.80. The van der Waals surface area contributed by atoms with Gasteiger partial charge in [0, 0.05) is 6.04 Å². The van der Waals surface area contributed by atoms with Gasteiger partial charge in [-0.05, 0) is 19.3 Å². The summed E-state index contributed by atoms with van der Waals surface area (Å²) in [5, 5.41) is 3.33. The van der Waals surface area contributed by atoms with Crippen LogP contribution < -0.4 is 5.32 Å². The molecule has 0 saturated carbocycles. The molecule has 14 heavy (non-hydrogen) atoms. The Balaban J connectivity index is 4.06. The van der Waals surface area contributed by atoms with E-state index in [1.807, 2.05) is 6.92 Å². The quantitative estimate of drug-likeness (QED) is 0.641. The van der Waals surface area contributed by atoms with Crippen molar-refractivity contribution in [1.29, 1.82) is 0 Å². The monoisotopic (exact) mass is 201 g/mol. The van der Waals surface area contributed by atoms with Gasteiger partial charge < -0.3 is 10.1 Å². The maximum absolute atomic E-state index is 11.3. The van der Waals surface area contributed by atoms with Gasteiger partial charge in [0.2, 0.25) is 0 Å². The van der Waals surface area contributed by atoms with Crippen LogP contribution in [0.1, 0.15) is 46.5 Å². The molecule has 0 amide bonds. The number of carbonyl (C=O) groups is 1. The van der Waals surface area contributed by atoms with Gasteiger partial charge in [0.05, 0.1) is 7.11 Å². The van der Waals surface area contributed by atoms with Crippen LogP contribution in [-0.4, -0.2) is 25.2 Å². The smallest absolute Gasteiger partial charge is 0.322 e. The molecule has 0 saturated heterocycles. The van der Waals surface area contributed by atoms with Crippen LogP contribution in [0.4, 0.5) is 0 Å². The van der Waals surface area contributed by atoms with Crippen LogP contribution in [0.5, 0.6) is 0 Å². The lowest BCUT2D eigenvalue weighted by molar-refractivity contribution is -0.143. The average Bonchev–Trinajstić information content (AvgIpc) is 2.23. The Morgan fingerprint density at radius 2 is 1.93 bits per heavy atom. The Bertz CT molecular complexity index is 159. The van der Waals surface area contributed by atoms with Crippen LogP contribution in [-0.2, 0) is 9.53 Å². The highest BCUT2D eigenvalue weighted by atomic mass is 16.5. The highest BCUT2D eigenvalue weighted by Crippen LogP contribution is 2.04. The molecule has 2 atom stereocenters. The van der Waals surface area contributed by atoms with E-state index in [0.29, 0.717) is 6.04 Å². The van der Waals surface area contributed by atoms with Crippen molar-refractivity contribution in [2.45, 2.75) is 58.5 Å². The fourth-order valence-electron chi connectivity index (χ4n) is 1.53. The summed E-state index contributed by atoms with van der Waals surface area (Å²) in [6.45, 7) is 6.29. The summed E-state index contributed by atoms with van der Waals surface area (Å²) in [6.07, 6.45) is 4.10. The number of hydrogen-bond acceptors (Lipinski definition) is 3. The maximum atomic E-state index is 11.3. The highest BCUT2D eigenvalue weighted by molar-refractivity contribution is 5.75. The van der Waals surface area contributed by atoms with Crippen molar-refractivity contribution in [3.05, 3.63) is 0 Å². The van der Waals surface area contributed by atoms with Crippen molar-refractivity contribution in [2.75, 3.05) is 7.11 Å². The molecule has 0 aromatic heterocycles. The van der Waals surface area contributed by atoms with Gasteiger partial charge in [-0.3, -0.25) is 4.79 Å². The van der Waals surface area contributed by atoms with Gasteiger partial charge >= 0.3 is 5.97 Å². The van der Waals surface area contributed by atoms with Crippen LogP contribution in [0, 0.1) is 0 Å². The third-order valence-corrected chi connectivity index (χ3v) is 2.46. The summed E-state index contributed by atoms with van der Waals surface area (Å²) in [5.41, 5.74) is 0. The molecule has 0 aromatic rings. The molecule has 84 valence electrons. The van der Waals surface area contributed by atoms with Crippen molar-refractivity contribution in [3.63, 3.8) is 0 Å². The number of nitrogens with one attached hydrogen (secondary N) is 1. The summed E-state index contributed by atoms with van der Waals surface area (Å²) >= 11 is 0. The Kier molecular flexibility index (Phi) is 7.48. The summed E-state index contributed by atoms with van der Waals surface area (Å²) in [4.78, 5) is 11.3. The number of rotatable bonds is 7. The molecule has 0 aromatic carbocycles. The lowest BCUT2D eigenvalue weighted by atomic mass is 10.1. The van der Waals surface area contributed by atoms with E-state index in [1.165, 1.54) is 7.11 Å². The van der Waals surface area contributed by atoms with Crippen molar-refractivity contribution >= 4 is 5.97 Å². The van der Waals surface area contributed by atoms with Crippen molar-refractivity contribution in [3.8, 4) is 0 Å². The first-order valence-corrected chi connectivity index (χ1v) is 5.53. The molecule has 0 spiro atoms. The van der Waals surface area contributed by atoms with Crippen LogP contribution in [0.3, 0.4) is 0 Å². The molecule has 3 heteroatoms. The molecule has 0 heterocycles. The predicted octanol–water partition coefficient (Wildman–Crippen LogP) is 2.11. The average molecular weight is 201 g/mol. The van der Waals surface area contributed by atoms with E-state index >= 15 is 0 Å². The van der Waals surface area contributed by atoms with Crippen LogP contribution in [0.25, 0.3) is 0 Å². The Morgan fingerprint density at radius 3 is 2.29 bits per heavy atom. The van der Waals surface area contributed by atoms with Crippen LogP contribution in [0.15, 0.2) is 0 Å². The third-order valence-electron chi connectivity index (χ3n) is 2.46. The topological polar surface area (TPSA) is 38.3 Å². The molecule has 0 aliphatic heterocycles. The standard InChI is InChI=1S/C11H23NO2/c1-5-8-9(6-2)12-10(7-3)11(13)14-4/h9-10,12H,5-8H2,1-4H3. The molecule has 2 unspecified atom stereocenters. The Morgan fingerprint density at radius 1 is 1.29 bits per heavy atom. The largest absolute Gasteiger partial charge is 0.468 e. The molecular weight excluding hydrogens is 178 g/mol. The zero-order valence-corrected chi connectivity index (χ0v) is 9.80. The zero-order valence-electron chi connectivity index (χ0n) is 9.80. The van der Waals surface area contributed by atoms with Gasteiger partial charge in [-0.2, -0.15) is 0 Å². The van der Waals surface area contributed by atoms with Crippen molar-refractivity contribution < 1.29 is 9.53 Å². The minimum Gasteiger partial charge on any atom is -0.468 e. The van der Waals surface area contributed by atoms with E-state index in [2.05, 4.69) is 19.2 Å². The third kappa shape index (κ3) is 4.61. The lowest BCUT2D eigenvalue weighted by Gasteiger charge is -2.21. The molecule has 0 aliphatic carbocycles. The van der Waals surface area contributed by atoms with Crippen LogP contribution in [0.2, 0.25) is 0 Å². The van der Waals surface area contributed by atoms with E-state index in [1.54, 1.807) is 0 Å².